The number of carbonyl (C=O) groups excluding carboxylic acids is 1. The fraction of sp³-hybridized carbons (Fsp3) is 0.562. The molecule has 0 radical (unpaired) electrons. The summed E-state index contributed by atoms with van der Waals surface area (Å²) in [4.78, 5) is 12.0. The third-order valence-electron chi connectivity index (χ3n) is 3.86. The molecule has 0 spiro atoms. The summed E-state index contributed by atoms with van der Waals surface area (Å²) in [5.74, 6) is 0.745. The minimum absolute atomic E-state index is 0.135. The molecule has 4 heteroatoms. The monoisotopic (exact) mass is 277 g/mol. The van der Waals surface area contributed by atoms with Crippen molar-refractivity contribution in [2.24, 2.45) is 5.92 Å². The maximum absolute atomic E-state index is 12.0. The maximum atomic E-state index is 12.0. The molecule has 1 aliphatic carbocycles. The summed E-state index contributed by atoms with van der Waals surface area (Å²) in [5.41, 5.74) is 1.16. The summed E-state index contributed by atoms with van der Waals surface area (Å²) in [5, 5.41) is 12.6. The highest BCUT2D eigenvalue weighted by Crippen LogP contribution is 2.24. The SMILES string of the molecule is Cc1ccc(OC(C)C(=O)NCC2CCCC2O)cc1. The molecule has 0 heterocycles. The molecule has 1 amide bonds. The normalized spacial score (nSPS) is 23.4. The molecule has 3 atom stereocenters. The molecular formula is C16H23NO3. The van der Waals surface area contributed by atoms with Crippen LogP contribution in [0.25, 0.3) is 0 Å². The average molecular weight is 277 g/mol. The zero-order valence-corrected chi connectivity index (χ0v) is 12.1. The molecule has 4 nitrogen and oxygen atoms in total. The summed E-state index contributed by atoms with van der Waals surface area (Å²) in [6.45, 7) is 4.27. The van der Waals surface area contributed by atoms with E-state index in [1.54, 1.807) is 6.92 Å². The van der Waals surface area contributed by atoms with Crippen LogP contribution in [0.4, 0.5) is 0 Å². The summed E-state index contributed by atoms with van der Waals surface area (Å²) < 4.78 is 5.60. The van der Waals surface area contributed by atoms with Crippen molar-refractivity contribution in [3.05, 3.63) is 29.8 Å². The first-order valence-corrected chi connectivity index (χ1v) is 7.25. The van der Waals surface area contributed by atoms with Crippen LogP contribution in [0.2, 0.25) is 0 Å². The molecule has 0 bridgehead atoms. The lowest BCUT2D eigenvalue weighted by molar-refractivity contribution is -0.127. The van der Waals surface area contributed by atoms with Crippen LogP contribution in [-0.4, -0.2) is 29.8 Å². The number of nitrogens with one attached hydrogen (secondary N) is 1. The second kappa shape index (κ2) is 6.75. The predicted molar refractivity (Wildman–Crippen MR) is 77.6 cm³/mol. The van der Waals surface area contributed by atoms with Crippen LogP contribution in [0.15, 0.2) is 24.3 Å². The van der Waals surface area contributed by atoms with Crippen molar-refractivity contribution in [1.82, 2.24) is 5.32 Å². The highest BCUT2D eigenvalue weighted by Gasteiger charge is 2.26. The van der Waals surface area contributed by atoms with Crippen LogP contribution in [0.5, 0.6) is 5.75 Å². The Morgan fingerprint density at radius 3 is 2.70 bits per heavy atom. The van der Waals surface area contributed by atoms with Crippen molar-refractivity contribution in [1.29, 1.82) is 0 Å². The molecule has 3 unspecified atom stereocenters. The van der Waals surface area contributed by atoms with Crippen molar-refractivity contribution < 1.29 is 14.6 Å². The zero-order valence-electron chi connectivity index (χ0n) is 12.1. The Bertz CT molecular complexity index is 444. The van der Waals surface area contributed by atoms with Crippen molar-refractivity contribution in [3.8, 4) is 5.75 Å². The van der Waals surface area contributed by atoms with E-state index in [1.165, 1.54) is 0 Å². The van der Waals surface area contributed by atoms with Crippen LogP contribution in [0.3, 0.4) is 0 Å². The van der Waals surface area contributed by atoms with Gasteiger partial charge in [-0.25, -0.2) is 0 Å². The van der Waals surface area contributed by atoms with Gasteiger partial charge in [-0.3, -0.25) is 4.79 Å². The lowest BCUT2D eigenvalue weighted by atomic mass is 10.1. The van der Waals surface area contributed by atoms with Crippen molar-refractivity contribution in [2.45, 2.75) is 45.3 Å². The van der Waals surface area contributed by atoms with Crippen LogP contribution >= 0.6 is 0 Å². The van der Waals surface area contributed by atoms with Gasteiger partial charge in [0.1, 0.15) is 5.75 Å². The number of hydrogen-bond acceptors (Lipinski definition) is 3. The molecule has 20 heavy (non-hydrogen) atoms. The number of rotatable bonds is 5. The lowest BCUT2D eigenvalue weighted by Gasteiger charge is -2.18. The number of hydrogen-bond donors (Lipinski definition) is 2. The third-order valence-corrected chi connectivity index (χ3v) is 3.86. The molecule has 0 saturated heterocycles. The van der Waals surface area contributed by atoms with Gasteiger partial charge in [-0.15, -0.1) is 0 Å². The molecule has 0 aromatic heterocycles. The number of amides is 1. The van der Waals surface area contributed by atoms with E-state index in [1.807, 2.05) is 31.2 Å². The fourth-order valence-corrected chi connectivity index (χ4v) is 2.51. The standard InChI is InChI=1S/C16H23NO3/c1-11-6-8-14(9-7-11)20-12(2)16(19)17-10-13-4-3-5-15(13)18/h6-9,12-13,15,18H,3-5,10H2,1-2H3,(H,17,19). The highest BCUT2D eigenvalue weighted by molar-refractivity contribution is 5.80. The summed E-state index contributed by atoms with van der Waals surface area (Å²) >= 11 is 0. The van der Waals surface area contributed by atoms with Gasteiger partial charge in [0.2, 0.25) is 0 Å². The minimum atomic E-state index is -0.531. The molecule has 1 aromatic carbocycles. The van der Waals surface area contributed by atoms with Crippen LogP contribution in [-0.2, 0) is 4.79 Å². The smallest absolute Gasteiger partial charge is 0.260 e. The number of ether oxygens (including phenoxy) is 1. The van der Waals surface area contributed by atoms with E-state index >= 15 is 0 Å². The van der Waals surface area contributed by atoms with Gasteiger partial charge >= 0.3 is 0 Å². The highest BCUT2D eigenvalue weighted by atomic mass is 16.5. The number of aliphatic hydroxyl groups excluding tert-OH is 1. The first-order valence-electron chi connectivity index (χ1n) is 7.25. The number of aryl methyl sites for hydroxylation is 1. The second-order valence-corrected chi connectivity index (χ2v) is 5.58. The van der Waals surface area contributed by atoms with Gasteiger partial charge in [-0.1, -0.05) is 24.1 Å². The van der Waals surface area contributed by atoms with Gasteiger partial charge in [0.15, 0.2) is 6.10 Å². The Balaban J connectivity index is 1.78. The van der Waals surface area contributed by atoms with Gasteiger partial charge < -0.3 is 15.2 Å². The quantitative estimate of drug-likeness (QED) is 0.866. The Morgan fingerprint density at radius 1 is 1.40 bits per heavy atom. The second-order valence-electron chi connectivity index (χ2n) is 5.58. The zero-order chi connectivity index (χ0) is 14.5. The molecule has 2 rings (SSSR count). The van der Waals surface area contributed by atoms with Crippen molar-refractivity contribution in [2.75, 3.05) is 6.54 Å². The van der Waals surface area contributed by atoms with Crippen molar-refractivity contribution >= 4 is 5.91 Å². The number of aliphatic hydroxyl groups is 1. The summed E-state index contributed by atoms with van der Waals surface area (Å²) in [7, 11) is 0. The van der Waals surface area contributed by atoms with Crippen LogP contribution in [0.1, 0.15) is 31.7 Å². The van der Waals surface area contributed by atoms with E-state index in [-0.39, 0.29) is 17.9 Å². The Labute approximate surface area is 120 Å². The number of carbonyl (C=O) groups is 1. The summed E-state index contributed by atoms with van der Waals surface area (Å²) in [6, 6.07) is 7.63. The van der Waals surface area contributed by atoms with Crippen LogP contribution in [0, 0.1) is 12.8 Å². The Morgan fingerprint density at radius 2 is 2.10 bits per heavy atom. The van der Waals surface area contributed by atoms with Gasteiger partial charge in [-0.05, 0) is 38.8 Å². The summed E-state index contributed by atoms with van der Waals surface area (Å²) in [6.07, 6.45) is 2.06. The third kappa shape index (κ3) is 3.97. The Hall–Kier alpha value is -1.55. The first kappa shape index (κ1) is 14.9. The van der Waals surface area contributed by atoms with E-state index < -0.39 is 6.10 Å². The van der Waals surface area contributed by atoms with Crippen LogP contribution < -0.4 is 10.1 Å². The average Bonchev–Trinajstić information content (AvgIpc) is 2.84. The van der Waals surface area contributed by atoms with Gasteiger partial charge in [-0.2, -0.15) is 0 Å². The molecule has 1 aromatic rings. The molecule has 1 fully saturated rings. The molecule has 0 aliphatic heterocycles. The van der Waals surface area contributed by atoms with E-state index in [2.05, 4.69) is 5.32 Å². The van der Waals surface area contributed by atoms with Gasteiger partial charge in [0, 0.05) is 12.5 Å². The Kier molecular flexibility index (Phi) is 5.01. The molecule has 1 aliphatic rings. The molecular weight excluding hydrogens is 254 g/mol. The van der Waals surface area contributed by atoms with Gasteiger partial charge in [0.05, 0.1) is 6.10 Å². The molecule has 2 N–H and O–H groups in total. The first-order chi connectivity index (χ1) is 9.56. The van der Waals surface area contributed by atoms with Gasteiger partial charge in [0.25, 0.3) is 5.91 Å². The lowest BCUT2D eigenvalue weighted by Crippen LogP contribution is -2.40. The maximum Gasteiger partial charge on any atom is 0.260 e. The fourth-order valence-electron chi connectivity index (χ4n) is 2.51. The van der Waals surface area contributed by atoms with Crippen molar-refractivity contribution in [3.63, 3.8) is 0 Å². The topological polar surface area (TPSA) is 58.6 Å². The number of benzene rings is 1. The molecule has 1 saturated carbocycles. The molecule has 110 valence electrons. The largest absolute Gasteiger partial charge is 0.481 e. The minimum Gasteiger partial charge on any atom is -0.481 e. The van der Waals surface area contributed by atoms with E-state index in [0.29, 0.717) is 12.3 Å². The van der Waals surface area contributed by atoms with E-state index in [4.69, 9.17) is 4.74 Å². The van der Waals surface area contributed by atoms with E-state index in [0.717, 1.165) is 24.8 Å². The van der Waals surface area contributed by atoms with E-state index in [9.17, 15) is 9.90 Å². The predicted octanol–water partition coefficient (Wildman–Crippen LogP) is 2.04.